The average Bonchev–Trinajstić information content (AvgIpc) is 3.12. The minimum absolute atomic E-state index is 0.0510. The topological polar surface area (TPSA) is 99.2 Å². The van der Waals surface area contributed by atoms with Crippen molar-refractivity contribution in [2.45, 2.75) is 45.2 Å². The number of rotatable bonds is 6. The Labute approximate surface area is 151 Å². The van der Waals surface area contributed by atoms with Gasteiger partial charge in [0.2, 0.25) is 11.8 Å². The number of hydrogen-bond acceptors (Lipinski definition) is 6. The Balaban J connectivity index is 1.77. The first-order valence-electron chi connectivity index (χ1n) is 8.90. The molecule has 0 radical (unpaired) electrons. The Morgan fingerprint density at radius 2 is 2.12 bits per heavy atom. The molecule has 0 spiro atoms. The van der Waals surface area contributed by atoms with Crippen molar-refractivity contribution in [3.8, 4) is 0 Å². The van der Waals surface area contributed by atoms with Crippen LogP contribution in [0.4, 0.5) is 0 Å². The molecular formula is C18H24N4O4. The summed E-state index contributed by atoms with van der Waals surface area (Å²) >= 11 is 0. The lowest BCUT2D eigenvalue weighted by Gasteiger charge is -2.28. The summed E-state index contributed by atoms with van der Waals surface area (Å²) in [6.45, 7) is 5.20. The van der Waals surface area contributed by atoms with Crippen molar-refractivity contribution in [1.82, 2.24) is 20.0 Å². The van der Waals surface area contributed by atoms with Crippen LogP contribution in [0.3, 0.4) is 0 Å². The van der Waals surface area contributed by atoms with E-state index in [1.807, 2.05) is 13.8 Å². The van der Waals surface area contributed by atoms with Gasteiger partial charge in [-0.1, -0.05) is 25.1 Å². The molecule has 1 atom stereocenters. The van der Waals surface area contributed by atoms with Gasteiger partial charge in [-0.3, -0.25) is 9.59 Å². The van der Waals surface area contributed by atoms with Gasteiger partial charge in [0.25, 0.3) is 5.56 Å². The Morgan fingerprint density at radius 3 is 2.77 bits per heavy atom. The van der Waals surface area contributed by atoms with E-state index >= 15 is 0 Å². The number of pyridine rings is 1. The number of nitrogens with zero attached hydrogens (tertiary/aromatic N) is 3. The van der Waals surface area contributed by atoms with Crippen molar-refractivity contribution < 1.29 is 14.1 Å². The van der Waals surface area contributed by atoms with Crippen LogP contribution in [0.5, 0.6) is 0 Å². The molecule has 140 valence electrons. The highest BCUT2D eigenvalue weighted by Crippen LogP contribution is 2.30. The Kier molecular flexibility index (Phi) is 5.82. The number of carbonyl (C=O) groups is 1. The molecule has 3 rings (SSSR count). The molecule has 0 aromatic carbocycles. The van der Waals surface area contributed by atoms with Crippen LogP contribution < -0.4 is 10.9 Å². The molecule has 0 unspecified atom stereocenters. The molecule has 8 nitrogen and oxygen atoms in total. The van der Waals surface area contributed by atoms with Crippen LogP contribution in [0.25, 0.3) is 0 Å². The maximum Gasteiger partial charge on any atom is 0.250 e. The van der Waals surface area contributed by atoms with Crippen LogP contribution >= 0.6 is 0 Å². The van der Waals surface area contributed by atoms with E-state index in [1.165, 1.54) is 10.6 Å². The maximum atomic E-state index is 12.5. The van der Waals surface area contributed by atoms with Crippen LogP contribution in [0.1, 0.15) is 50.4 Å². The van der Waals surface area contributed by atoms with Crippen LogP contribution in [-0.2, 0) is 16.1 Å². The molecule has 2 aromatic heterocycles. The van der Waals surface area contributed by atoms with Crippen LogP contribution in [0.15, 0.2) is 33.7 Å². The molecule has 3 heterocycles. The van der Waals surface area contributed by atoms with E-state index in [1.54, 1.807) is 18.3 Å². The van der Waals surface area contributed by atoms with Crippen molar-refractivity contribution in [1.29, 1.82) is 0 Å². The van der Waals surface area contributed by atoms with Gasteiger partial charge >= 0.3 is 0 Å². The predicted octanol–water partition coefficient (Wildman–Crippen LogP) is 1.64. The number of hydrogen-bond donors (Lipinski definition) is 1. The van der Waals surface area contributed by atoms with Gasteiger partial charge in [0.15, 0.2) is 5.82 Å². The smallest absolute Gasteiger partial charge is 0.250 e. The molecule has 1 aliphatic rings. The third-order valence-corrected chi connectivity index (χ3v) is 4.51. The molecule has 1 amide bonds. The average molecular weight is 360 g/mol. The minimum Gasteiger partial charge on any atom is -0.381 e. The van der Waals surface area contributed by atoms with Crippen LogP contribution in [0, 0.1) is 5.92 Å². The normalized spacial score (nSPS) is 16.6. The van der Waals surface area contributed by atoms with Gasteiger partial charge in [-0.2, -0.15) is 4.98 Å². The summed E-state index contributed by atoms with van der Waals surface area (Å²) in [6.07, 6.45) is 3.19. The summed E-state index contributed by atoms with van der Waals surface area (Å²) in [5, 5.41) is 6.99. The Hall–Kier alpha value is -2.48. The first kappa shape index (κ1) is 18.3. The van der Waals surface area contributed by atoms with E-state index in [4.69, 9.17) is 9.26 Å². The molecule has 0 aliphatic carbocycles. The fourth-order valence-corrected chi connectivity index (χ4v) is 3.00. The molecule has 1 saturated heterocycles. The molecule has 0 saturated carbocycles. The lowest BCUT2D eigenvalue weighted by Crippen LogP contribution is -2.39. The summed E-state index contributed by atoms with van der Waals surface area (Å²) < 4.78 is 12.2. The van der Waals surface area contributed by atoms with E-state index in [9.17, 15) is 9.59 Å². The molecule has 8 heteroatoms. The van der Waals surface area contributed by atoms with Gasteiger partial charge < -0.3 is 19.1 Å². The van der Waals surface area contributed by atoms with Crippen molar-refractivity contribution in [3.05, 3.63) is 46.5 Å². The van der Waals surface area contributed by atoms with Crippen molar-refractivity contribution in [2.24, 2.45) is 5.92 Å². The van der Waals surface area contributed by atoms with Crippen LogP contribution in [0.2, 0.25) is 0 Å². The van der Waals surface area contributed by atoms with E-state index in [0.717, 1.165) is 12.8 Å². The first-order valence-corrected chi connectivity index (χ1v) is 8.90. The lowest BCUT2D eigenvalue weighted by atomic mass is 9.91. The quantitative estimate of drug-likeness (QED) is 0.841. The fraction of sp³-hybridized carbons (Fsp3) is 0.556. The van der Waals surface area contributed by atoms with E-state index < -0.39 is 0 Å². The third kappa shape index (κ3) is 4.37. The largest absolute Gasteiger partial charge is 0.381 e. The van der Waals surface area contributed by atoms with E-state index in [2.05, 4.69) is 15.5 Å². The zero-order chi connectivity index (χ0) is 18.5. The SMILES string of the molecule is CC(C)c1noc([C@@H](NC(=O)Cn2ccccc2=O)C2CCOCC2)n1. The third-order valence-electron chi connectivity index (χ3n) is 4.51. The van der Waals surface area contributed by atoms with Crippen molar-refractivity contribution >= 4 is 5.91 Å². The molecule has 1 N–H and O–H groups in total. The Morgan fingerprint density at radius 1 is 1.35 bits per heavy atom. The van der Waals surface area contributed by atoms with Gasteiger partial charge in [0.05, 0.1) is 0 Å². The zero-order valence-electron chi connectivity index (χ0n) is 15.1. The van der Waals surface area contributed by atoms with Gasteiger partial charge in [-0.25, -0.2) is 0 Å². The van der Waals surface area contributed by atoms with Crippen LogP contribution in [-0.4, -0.2) is 33.8 Å². The van der Waals surface area contributed by atoms with Gasteiger partial charge in [-0.05, 0) is 24.8 Å². The summed E-state index contributed by atoms with van der Waals surface area (Å²) in [4.78, 5) is 28.8. The fourth-order valence-electron chi connectivity index (χ4n) is 3.00. The predicted molar refractivity (Wildman–Crippen MR) is 93.5 cm³/mol. The number of ether oxygens (including phenoxy) is 1. The number of amides is 1. The molecular weight excluding hydrogens is 336 g/mol. The number of nitrogens with one attached hydrogen (secondary N) is 1. The lowest BCUT2D eigenvalue weighted by molar-refractivity contribution is -0.123. The van der Waals surface area contributed by atoms with E-state index in [0.29, 0.717) is 24.9 Å². The zero-order valence-corrected chi connectivity index (χ0v) is 15.1. The highest BCUT2D eigenvalue weighted by molar-refractivity contribution is 5.76. The molecule has 1 fully saturated rings. The first-order chi connectivity index (χ1) is 12.5. The summed E-state index contributed by atoms with van der Waals surface area (Å²) in [5.41, 5.74) is -0.217. The second-order valence-corrected chi connectivity index (χ2v) is 6.81. The second-order valence-electron chi connectivity index (χ2n) is 6.81. The molecule has 2 aromatic rings. The second kappa shape index (κ2) is 8.27. The number of carbonyl (C=O) groups excluding carboxylic acids is 1. The Bertz CT molecular complexity index is 792. The van der Waals surface area contributed by atoms with Crippen molar-refractivity contribution in [3.63, 3.8) is 0 Å². The maximum absolute atomic E-state index is 12.5. The standard InChI is InChI=1S/C18H24N4O4/c1-12(2)17-20-18(26-21-17)16(13-6-9-25-10-7-13)19-14(23)11-22-8-4-3-5-15(22)24/h3-5,8,12-13,16H,6-7,9-11H2,1-2H3,(H,19,23)/t16-/m0/s1. The monoisotopic (exact) mass is 360 g/mol. The highest BCUT2D eigenvalue weighted by atomic mass is 16.5. The molecule has 26 heavy (non-hydrogen) atoms. The van der Waals surface area contributed by atoms with Gasteiger partial charge in [0.1, 0.15) is 12.6 Å². The van der Waals surface area contributed by atoms with Crippen molar-refractivity contribution in [2.75, 3.05) is 13.2 Å². The summed E-state index contributed by atoms with van der Waals surface area (Å²) in [5.74, 6) is 1.06. The minimum atomic E-state index is -0.384. The highest BCUT2D eigenvalue weighted by Gasteiger charge is 2.31. The van der Waals surface area contributed by atoms with E-state index in [-0.39, 0.29) is 35.9 Å². The summed E-state index contributed by atoms with van der Waals surface area (Å²) in [6, 6.07) is 4.41. The summed E-state index contributed by atoms with van der Waals surface area (Å²) in [7, 11) is 0. The number of aromatic nitrogens is 3. The van der Waals surface area contributed by atoms with Gasteiger partial charge in [-0.15, -0.1) is 0 Å². The molecule has 0 bridgehead atoms. The van der Waals surface area contributed by atoms with Gasteiger partial charge in [0, 0.05) is 31.4 Å². The molecule has 1 aliphatic heterocycles.